The SMILES string of the molecule is CN1CCN(C(c2ccc(F)nc2)c2nnnn2Cc2ccccc2)CC1. The number of likely N-dealkylation sites (N-methyl/N-ethyl adjacent to an activating group) is 1. The topological polar surface area (TPSA) is 63.0 Å². The summed E-state index contributed by atoms with van der Waals surface area (Å²) in [5.41, 5.74) is 2.02. The first-order valence-electron chi connectivity index (χ1n) is 9.05. The first-order chi connectivity index (χ1) is 13.2. The van der Waals surface area contributed by atoms with Crippen LogP contribution in [0.15, 0.2) is 48.7 Å². The lowest BCUT2D eigenvalue weighted by atomic mass is 10.1. The Kier molecular flexibility index (Phi) is 5.17. The van der Waals surface area contributed by atoms with Crippen LogP contribution in [0.1, 0.15) is 23.0 Å². The van der Waals surface area contributed by atoms with Gasteiger partial charge < -0.3 is 4.90 Å². The molecule has 1 unspecified atom stereocenters. The maximum atomic E-state index is 13.4. The predicted molar refractivity (Wildman–Crippen MR) is 98.5 cm³/mol. The number of nitrogens with zero attached hydrogens (tertiary/aromatic N) is 7. The third kappa shape index (κ3) is 4.01. The highest BCUT2D eigenvalue weighted by molar-refractivity contribution is 5.23. The number of hydrogen-bond donors (Lipinski definition) is 0. The fraction of sp³-hybridized carbons (Fsp3) is 0.368. The summed E-state index contributed by atoms with van der Waals surface area (Å²) in [6.07, 6.45) is 1.58. The zero-order valence-corrected chi connectivity index (χ0v) is 15.2. The molecule has 140 valence electrons. The largest absolute Gasteiger partial charge is 0.304 e. The molecule has 0 radical (unpaired) electrons. The molecule has 0 saturated carbocycles. The average molecular weight is 367 g/mol. The zero-order valence-electron chi connectivity index (χ0n) is 15.2. The minimum absolute atomic E-state index is 0.162. The Morgan fingerprint density at radius 3 is 2.52 bits per heavy atom. The molecule has 3 aromatic rings. The fourth-order valence-electron chi connectivity index (χ4n) is 3.43. The van der Waals surface area contributed by atoms with E-state index < -0.39 is 5.95 Å². The summed E-state index contributed by atoms with van der Waals surface area (Å²) in [6, 6.07) is 13.1. The highest BCUT2D eigenvalue weighted by atomic mass is 19.1. The van der Waals surface area contributed by atoms with Gasteiger partial charge in [0.15, 0.2) is 5.82 Å². The molecule has 1 atom stereocenters. The lowest BCUT2D eigenvalue weighted by Crippen LogP contribution is -2.46. The minimum Gasteiger partial charge on any atom is -0.304 e. The molecule has 27 heavy (non-hydrogen) atoms. The van der Waals surface area contributed by atoms with Crippen molar-refractivity contribution in [1.82, 2.24) is 35.0 Å². The number of benzene rings is 1. The summed E-state index contributed by atoms with van der Waals surface area (Å²) < 4.78 is 15.2. The van der Waals surface area contributed by atoms with Crippen LogP contribution in [-0.4, -0.2) is 68.2 Å². The molecule has 1 saturated heterocycles. The quantitative estimate of drug-likeness (QED) is 0.638. The van der Waals surface area contributed by atoms with Crippen LogP contribution in [-0.2, 0) is 6.54 Å². The van der Waals surface area contributed by atoms with Gasteiger partial charge in [-0.05, 0) is 34.7 Å². The van der Waals surface area contributed by atoms with Crippen molar-refractivity contribution in [1.29, 1.82) is 0 Å². The van der Waals surface area contributed by atoms with Gasteiger partial charge in [0.05, 0.1) is 12.6 Å². The van der Waals surface area contributed by atoms with Gasteiger partial charge in [0.2, 0.25) is 5.95 Å². The first kappa shape index (κ1) is 17.7. The highest BCUT2D eigenvalue weighted by Crippen LogP contribution is 2.27. The Balaban J connectivity index is 1.69. The van der Waals surface area contributed by atoms with E-state index >= 15 is 0 Å². The van der Waals surface area contributed by atoms with E-state index in [1.807, 2.05) is 22.9 Å². The predicted octanol–water partition coefficient (Wildman–Crippen LogP) is 1.59. The van der Waals surface area contributed by atoms with E-state index in [4.69, 9.17) is 0 Å². The molecular weight excluding hydrogens is 345 g/mol. The summed E-state index contributed by atoms with van der Waals surface area (Å²) in [5.74, 6) is 0.261. The summed E-state index contributed by atoms with van der Waals surface area (Å²) in [5, 5.41) is 12.5. The Labute approximate surface area is 157 Å². The van der Waals surface area contributed by atoms with Crippen molar-refractivity contribution in [2.45, 2.75) is 12.6 Å². The van der Waals surface area contributed by atoms with Crippen LogP contribution < -0.4 is 0 Å². The number of pyridine rings is 1. The van der Waals surface area contributed by atoms with E-state index in [0.717, 1.165) is 43.1 Å². The van der Waals surface area contributed by atoms with Crippen LogP contribution in [0, 0.1) is 5.95 Å². The molecule has 3 heterocycles. The van der Waals surface area contributed by atoms with Gasteiger partial charge in [0.1, 0.15) is 0 Å². The Bertz CT molecular complexity index is 857. The van der Waals surface area contributed by atoms with Crippen molar-refractivity contribution in [3.8, 4) is 0 Å². The molecule has 1 fully saturated rings. The van der Waals surface area contributed by atoms with Crippen LogP contribution in [0.4, 0.5) is 4.39 Å². The van der Waals surface area contributed by atoms with Crippen molar-refractivity contribution in [2.24, 2.45) is 0 Å². The normalized spacial score (nSPS) is 17.1. The minimum atomic E-state index is -0.486. The summed E-state index contributed by atoms with van der Waals surface area (Å²) in [4.78, 5) is 8.48. The molecule has 0 aliphatic carbocycles. The maximum absolute atomic E-state index is 13.4. The highest BCUT2D eigenvalue weighted by Gasteiger charge is 2.30. The number of halogens is 1. The molecule has 2 aromatic heterocycles. The molecule has 4 rings (SSSR count). The van der Waals surface area contributed by atoms with E-state index in [-0.39, 0.29) is 6.04 Å². The van der Waals surface area contributed by atoms with E-state index in [9.17, 15) is 4.39 Å². The lowest BCUT2D eigenvalue weighted by molar-refractivity contribution is 0.121. The number of rotatable bonds is 5. The molecular formula is C19H22FN7. The Morgan fingerprint density at radius 2 is 1.81 bits per heavy atom. The smallest absolute Gasteiger partial charge is 0.212 e. The summed E-state index contributed by atoms with van der Waals surface area (Å²) in [7, 11) is 2.12. The van der Waals surface area contributed by atoms with Gasteiger partial charge in [-0.15, -0.1) is 5.10 Å². The van der Waals surface area contributed by atoms with Crippen LogP contribution in [0.3, 0.4) is 0 Å². The van der Waals surface area contributed by atoms with Gasteiger partial charge in [0, 0.05) is 32.4 Å². The third-order valence-electron chi connectivity index (χ3n) is 4.95. The van der Waals surface area contributed by atoms with Crippen LogP contribution in [0.2, 0.25) is 0 Å². The monoisotopic (exact) mass is 367 g/mol. The van der Waals surface area contributed by atoms with E-state index in [2.05, 4.69) is 49.5 Å². The molecule has 0 spiro atoms. The number of piperazine rings is 1. The number of hydrogen-bond acceptors (Lipinski definition) is 6. The van der Waals surface area contributed by atoms with E-state index in [0.29, 0.717) is 6.54 Å². The molecule has 8 heteroatoms. The standard InChI is InChI=1S/C19H22FN7/c1-25-9-11-26(12-10-25)18(16-7-8-17(20)21-13-16)19-22-23-24-27(19)14-15-5-3-2-4-6-15/h2-8,13,18H,9-12,14H2,1H3. The van der Waals surface area contributed by atoms with Crippen LogP contribution >= 0.6 is 0 Å². The van der Waals surface area contributed by atoms with Crippen LogP contribution in [0.25, 0.3) is 0 Å². The second-order valence-electron chi connectivity index (χ2n) is 6.84. The van der Waals surface area contributed by atoms with Crippen molar-refractivity contribution >= 4 is 0 Å². The second kappa shape index (κ2) is 7.89. The second-order valence-corrected chi connectivity index (χ2v) is 6.84. The fourth-order valence-corrected chi connectivity index (χ4v) is 3.43. The van der Waals surface area contributed by atoms with Gasteiger partial charge in [-0.25, -0.2) is 9.67 Å². The maximum Gasteiger partial charge on any atom is 0.212 e. The third-order valence-corrected chi connectivity index (χ3v) is 4.95. The van der Waals surface area contributed by atoms with Gasteiger partial charge >= 0.3 is 0 Å². The summed E-state index contributed by atoms with van der Waals surface area (Å²) >= 11 is 0. The molecule has 0 N–H and O–H groups in total. The number of tetrazole rings is 1. The van der Waals surface area contributed by atoms with Gasteiger partial charge in [-0.1, -0.05) is 36.4 Å². The molecule has 1 aliphatic rings. The van der Waals surface area contributed by atoms with Crippen LogP contribution in [0.5, 0.6) is 0 Å². The molecule has 0 amide bonds. The average Bonchev–Trinajstić information content (AvgIpc) is 3.13. The number of aromatic nitrogens is 5. The van der Waals surface area contributed by atoms with Crippen molar-refractivity contribution in [3.05, 3.63) is 71.6 Å². The van der Waals surface area contributed by atoms with Gasteiger partial charge in [0.25, 0.3) is 0 Å². The van der Waals surface area contributed by atoms with Gasteiger partial charge in [-0.2, -0.15) is 4.39 Å². The summed E-state index contributed by atoms with van der Waals surface area (Å²) in [6.45, 7) is 4.28. The van der Waals surface area contributed by atoms with Crippen molar-refractivity contribution < 1.29 is 4.39 Å². The molecule has 7 nitrogen and oxygen atoms in total. The zero-order chi connectivity index (χ0) is 18.6. The lowest BCUT2D eigenvalue weighted by Gasteiger charge is -2.37. The van der Waals surface area contributed by atoms with Crippen molar-refractivity contribution in [2.75, 3.05) is 33.2 Å². The van der Waals surface area contributed by atoms with Gasteiger partial charge in [-0.3, -0.25) is 4.90 Å². The Hall–Kier alpha value is -2.71. The molecule has 1 aliphatic heterocycles. The van der Waals surface area contributed by atoms with E-state index in [1.54, 1.807) is 12.3 Å². The molecule has 1 aromatic carbocycles. The Morgan fingerprint density at radius 1 is 1.04 bits per heavy atom. The first-order valence-corrected chi connectivity index (χ1v) is 9.05. The van der Waals surface area contributed by atoms with E-state index in [1.165, 1.54) is 6.07 Å². The molecule has 0 bridgehead atoms. The van der Waals surface area contributed by atoms with Crippen molar-refractivity contribution in [3.63, 3.8) is 0 Å².